The first-order valence-corrected chi connectivity index (χ1v) is 5.91. The monoisotopic (exact) mass is 248 g/mol. The number of likely N-dealkylation sites (tertiary alicyclic amines) is 1. The fourth-order valence-electron chi connectivity index (χ4n) is 2.49. The van der Waals surface area contributed by atoms with E-state index < -0.39 is 0 Å². The largest absolute Gasteiger partial charge is 0.392 e. The van der Waals surface area contributed by atoms with Crippen LogP contribution >= 0.6 is 12.4 Å². The van der Waals surface area contributed by atoms with Crippen molar-refractivity contribution >= 4 is 18.3 Å². The molecule has 3 unspecified atom stereocenters. The predicted molar refractivity (Wildman–Crippen MR) is 64.6 cm³/mol. The summed E-state index contributed by atoms with van der Waals surface area (Å²) in [5, 5.41) is 12.4. The average molecular weight is 249 g/mol. The van der Waals surface area contributed by atoms with Gasteiger partial charge in [0.1, 0.15) is 0 Å². The molecule has 2 N–H and O–H groups in total. The van der Waals surface area contributed by atoms with E-state index in [4.69, 9.17) is 0 Å². The van der Waals surface area contributed by atoms with Gasteiger partial charge in [-0.05, 0) is 18.8 Å². The maximum absolute atomic E-state index is 12.0. The minimum atomic E-state index is -0.344. The highest BCUT2D eigenvalue weighted by Gasteiger charge is 2.34. The number of carbonyl (C=O) groups is 1. The Kier molecular flexibility index (Phi) is 5.02. The van der Waals surface area contributed by atoms with Crippen molar-refractivity contribution in [2.24, 2.45) is 5.92 Å². The zero-order chi connectivity index (χ0) is 10.8. The van der Waals surface area contributed by atoms with Crippen LogP contribution in [-0.2, 0) is 4.79 Å². The lowest BCUT2D eigenvalue weighted by molar-refractivity contribution is -0.132. The summed E-state index contributed by atoms with van der Waals surface area (Å²) in [6.45, 7) is 4.53. The number of nitrogens with zero attached hydrogens (tertiary/aromatic N) is 1. The fraction of sp³-hybridized carbons (Fsp3) is 0.909. The van der Waals surface area contributed by atoms with E-state index in [0.29, 0.717) is 18.9 Å². The number of amides is 1. The third-order valence-corrected chi connectivity index (χ3v) is 3.58. The number of aliphatic hydroxyl groups excluding tert-OH is 1. The van der Waals surface area contributed by atoms with Crippen molar-refractivity contribution in [2.75, 3.05) is 19.6 Å². The molecule has 2 aliphatic heterocycles. The molecule has 0 bridgehead atoms. The van der Waals surface area contributed by atoms with Crippen molar-refractivity contribution in [3.8, 4) is 0 Å². The van der Waals surface area contributed by atoms with Crippen molar-refractivity contribution in [1.29, 1.82) is 0 Å². The van der Waals surface area contributed by atoms with E-state index in [1.807, 2.05) is 4.90 Å². The molecule has 2 saturated heterocycles. The number of nitrogens with one attached hydrogen (secondary N) is 1. The van der Waals surface area contributed by atoms with E-state index in [1.165, 1.54) is 0 Å². The van der Waals surface area contributed by atoms with E-state index >= 15 is 0 Å². The van der Waals surface area contributed by atoms with Gasteiger partial charge >= 0.3 is 0 Å². The smallest absolute Gasteiger partial charge is 0.239 e. The van der Waals surface area contributed by atoms with Crippen LogP contribution in [0.4, 0.5) is 0 Å². The molecule has 2 fully saturated rings. The highest BCUT2D eigenvalue weighted by Crippen LogP contribution is 2.21. The first kappa shape index (κ1) is 13.7. The quantitative estimate of drug-likeness (QED) is 0.744. The van der Waals surface area contributed by atoms with Crippen LogP contribution in [0.5, 0.6) is 0 Å². The molecule has 0 aromatic heterocycles. The molecule has 0 spiro atoms. The Morgan fingerprint density at radius 1 is 1.56 bits per heavy atom. The Balaban J connectivity index is 0.00000128. The summed E-state index contributed by atoms with van der Waals surface area (Å²) < 4.78 is 0. The normalized spacial score (nSPS) is 33.9. The second kappa shape index (κ2) is 5.84. The van der Waals surface area contributed by atoms with Crippen molar-refractivity contribution in [1.82, 2.24) is 10.2 Å². The summed E-state index contributed by atoms with van der Waals surface area (Å²) in [6, 6.07) is -0.143. The SMILES string of the molecule is CCC1CCN(C(=O)C2CC(O)CN2)C1.Cl. The third kappa shape index (κ3) is 2.87. The zero-order valence-electron chi connectivity index (χ0n) is 9.69. The molecule has 0 radical (unpaired) electrons. The summed E-state index contributed by atoms with van der Waals surface area (Å²) in [7, 11) is 0. The van der Waals surface area contributed by atoms with Crippen LogP contribution in [0.15, 0.2) is 0 Å². The van der Waals surface area contributed by atoms with Crippen LogP contribution in [0.2, 0.25) is 0 Å². The molecule has 0 aromatic rings. The van der Waals surface area contributed by atoms with Gasteiger partial charge in [0.2, 0.25) is 5.91 Å². The lowest BCUT2D eigenvalue weighted by Crippen LogP contribution is -2.42. The molecule has 3 atom stereocenters. The highest BCUT2D eigenvalue weighted by molar-refractivity contribution is 5.85. The Morgan fingerprint density at radius 2 is 2.31 bits per heavy atom. The van der Waals surface area contributed by atoms with E-state index in [-0.39, 0.29) is 30.5 Å². The van der Waals surface area contributed by atoms with E-state index in [0.717, 1.165) is 25.9 Å². The number of β-amino-alcohol motifs (C(OH)–C–C–N with tert-alkyl or cyclic N) is 1. The molecule has 94 valence electrons. The summed E-state index contributed by atoms with van der Waals surface area (Å²) >= 11 is 0. The standard InChI is InChI=1S/C11H20N2O2.ClH/c1-2-8-3-4-13(7-8)11(15)10-5-9(14)6-12-10;/h8-10,12,14H,2-7H2,1H3;1H. The molecule has 0 aliphatic carbocycles. The van der Waals surface area contributed by atoms with Crippen LogP contribution in [-0.4, -0.2) is 47.7 Å². The zero-order valence-corrected chi connectivity index (χ0v) is 10.5. The molecule has 1 amide bonds. The molecule has 16 heavy (non-hydrogen) atoms. The maximum atomic E-state index is 12.0. The van der Waals surface area contributed by atoms with Crippen LogP contribution in [0.25, 0.3) is 0 Å². The molecule has 0 aromatic carbocycles. The topological polar surface area (TPSA) is 52.6 Å². The summed E-state index contributed by atoms with van der Waals surface area (Å²) in [5.74, 6) is 0.864. The molecule has 4 nitrogen and oxygen atoms in total. The van der Waals surface area contributed by atoms with Crippen LogP contribution in [0.1, 0.15) is 26.2 Å². The first-order chi connectivity index (χ1) is 7.20. The Labute approximate surface area is 103 Å². The average Bonchev–Trinajstić information content (AvgIpc) is 2.84. The van der Waals surface area contributed by atoms with Gasteiger partial charge in [-0.3, -0.25) is 4.79 Å². The fourth-order valence-corrected chi connectivity index (χ4v) is 2.49. The second-order valence-electron chi connectivity index (χ2n) is 4.70. The Hall–Kier alpha value is -0.320. The lowest BCUT2D eigenvalue weighted by atomic mass is 10.1. The number of hydrogen-bond acceptors (Lipinski definition) is 3. The maximum Gasteiger partial charge on any atom is 0.239 e. The lowest BCUT2D eigenvalue weighted by Gasteiger charge is -2.20. The number of carbonyl (C=O) groups excluding carboxylic acids is 1. The van der Waals surface area contributed by atoms with Crippen molar-refractivity contribution in [2.45, 2.75) is 38.3 Å². The Morgan fingerprint density at radius 3 is 2.81 bits per heavy atom. The number of halogens is 1. The van der Waals surface area contributed by atoms with Gasteiger partial charge in [-0.2, -0.15) is 0 Å². The van der Waals surface area contributed by atoms with Gasteiger partial charge < -0.3 is 15.3 Å². The molecule has 2 heterocycles. The second-order valence-corrected chi connectivity index (χ2v) is 4.70. The highest BCUT2D eigenvalue weighted by atomic mass is 35.5. The van der Waals surface area contributed by atoms with Crippen molar-refractivity contribution in [3.05, 3.63) is 0 Å². The van der Waals surface area contributed by atoms with Gasteiger partial charge in [-0.15, -0.1) is 12.4 Å². The van der Waals surface area contributed by atoms with Crippen LogP contribution in [0, 0.1) is 5.92 Å². The van der Waals surface area contributed by atoms with Gasteiger partial charge in [-0.1, -0.05) is 13.3 Å². The van der Waals surface area contributed by atoms with Gasteiger partial charge in [0.25, 0.3) is 0 Å². The van der Waals surface area contributed by atoms with Crippen molar-refractivity contribution < 1.29 is 9.90 Å². The van der Waals surface area contributed by atoms with E-state index in [2.05, 4.69) is 12.2 Å². The summed E-state index contributed by atoms with van der Waals surface area (Å²) in [4.78, 5) is 14.0. The van der Waals surface area contributed by atoms with Gasteiger partial charge in [0, 0.05) is 19.6 Å². The van der Waals surface area contributed by atoms with E-state index in [9.17, 15) is 9.90 Å². The molecule has 5 heteroatoms. The van der Waals surface area contributed by atoms with Crippen LogP contribution < -0.4 is 5.32 Å². The minimum Gasteiger partial charge on any atom is -0.392 e. The molecular formula is C11H21ClN2O2. The predicted octanol–water partition coefficient (Wildman–Crippen LogP) is 0.389. The Bertz CT molecular complexity index is 250. The molecule has 2 rings (SSSR count). The molecule has 2 aliphatic rings. The van der Waals surface area contributed by atoms with Crippen molar-refractivity contribution in [3.63, 3.8) is 0 Å². The summed E-state index contributed by atoms with van der Waals surface area (Å²) in [5.41, 5.74) is 0. The first-order valence-electron chi connectivity index (χ1n) is 5.91. The molecular weight excluding hydrogens is 228 g/mol. The third-order valence-electron chi connectivity index (χ3n) is 3.58. The van der Waals surface area contributed by atoms with Gasteiger partial charge in [0.15, 0.2) is 0 Å². The summed E-state index contributed by atoms with van der Waals surface area (Å²) in [6.07, 6.45) is 2.53. The molecule has 0 saturated carbocycles. The number of hydrogen-bond donors (Lipinski definition) is 2. The van der Waals surface area contributed by atoms with Crippen LogP contribution in [0.3, 0.4) is 0 Å². The minimum absolute atomic E-state index is 0. The van der Waals surface area contributed by atoms with E-state index in [1.54, 1.807) is 0 Å². The van der Waals surface area contributed by atoms with Gasteiger partial charge in [-0.25, -0.2) is 0 Å². The van der Waals surface area contributed by atoms with Gasteiger partial charge in [0.05, 0.1) is 12.1 Å². The number of aliphatic hydroxyl groups is 1. The number of rotatable bonds is 2.